The molecule has 4 aromatic rings. The average Bonchev–Trinajstić information content (AvgIpc) is 3.57. The van der Waals surface area contributed by atoms with Crippen molar-refractivity contribution in [3.63, 3.8) is 0 Å². The molecule has 0 aliphatic carbocycles. The summed E-state index contributed by atoms with van der Waals surface area (Å²) in [5.74, 6) is 0.560. The maximum Gasteiger partial charge on any atom is 0.407 e. The fourth-order valence-corrected chi connectivity index (χ4v) is 6.24. The molecule has 6 rings (SSSR count). The van der Waals surface area contributed by atoms with E-state index >= 15 is 0 Å². The number of nitriles is 1. The number of amides is 1. The van der Waals surface area contributed by atoms with Gasteiger partial charge in [0.15, 0.2) is 11.5 Å². The van der Waals surface area contributed by atoms with Crippen LogP contribution in [0, 0.1) is 11.3 Å². The van der Waals surface area contributed by atoms with Crippen LogP contribution in [0.1, 0.15) is 30.5 Å². The molecule has 212 valence electrons. The van der Waals surface area contributed by atoms with Crippen molar-refractivity contribution in [2.75, 3.05) is 44.7 Å². The molecule has 12 heteroatoms. The van der Waals surface area contributed by atoms with Crippen molar-refractivity contribution in [3.05, 3.63) is 58.9 Å². The summed E-state index contributed by atoms with van der Waals surface area (Å²) in [6, 6.07) is 14.2. The van der Waals surface area contributed by atoms with E-state index in [-0.39, 0.29) is 25.0 Å². The van der Waals surface area contributed by atoms with Gasteiger partial charge in [-0.1, -0.05) is 41.9 Å². The Balaban J connectivity index is 1.39. The molecule has 0 radical (unpaired) electrons. The lowest BCUT2D eigenvalue weighted by Gasteiger charge is -2.39. The summed E-state index contributed by atoms with van der Waals surface area (Å²) in [6.07, 6.45) is 3.56. The number of likely N-dealkylation sites (tertiary alicyclic amines) is 1. The molecule has 41 heavy (non-hydrogen) atoms. The third-order valence-corrected chi connectivity index (χ3v) is 8.45. The molecule has 2 saturated heterocycles. The first kappa shape index (κ1) is 27.1. The number of likely N-dealkylation sites (N-methyl/N-ethyl adjacent to an activating group) is 1. The van der Waals surface area contributed by atoms with Crippen molar-refractivity contribution in [2.24, 2.45) is 0 Å². The van der Waals surface area contributed by atoms with Crippen LogP contribution >= 0.6 is 11.6 Å². The van der Waals surface area contributed by atoms with Crippen LogP contribution in [-0.2, 0) is 6.42 Å². The molecule has 0 bridgehead atoms. The van der Waals surface area contributed by atoms with Gasteiger partial charge in [0.25, 0.3) is 0 Å². The van der Waals surface area contributed by atoms with E-state index in [0.717, 1.165) is 41.4 Å². The Morgan fingerprint density at radius 1 is 1.20 bits per heavy atom. The molecule has 4 heterocycles. The minimum absolute atomic E-state index is 0.0864. The van der Waals surface area contributed by atoms with Gasteiger partial charge in [-0.05, 0) is 43.5 Å². The first-order chi connectivity index (χ1) is 19.9. The van der Waals surface area contributed by atoms with E-state index in [4.69, 9.17) is 31.4 Å². The molecular formula is C29H31ClN8O3. The van der Waals surface area contributed by atoms with E-state index in [0.29, 0.717) is 42.6 Å². The number of imidazole rings is 1. The van der Waals surface area contributed by atoms with Crippen LogP contribution in [0.25, 0.3) is 16.4 Å². The molecule has 1 amide bonds. The molecule has 11 nitrogen and oxygen atoms in total. The highest BCUT2D eigenvalue weighted by molar-refractivity contribution is 6.35. The first-order valence-electron chi connectivity index (χ1n) is 13.8. The maximum atomic E-state index is 11.8. The quantitative estimate of drug-likeness (QED) is 0.348. The third-order valence-electron chi connectivity index (χ3n) is 8.14. The summed E-state index contributed by atoms with van der Waals surface area (Å²) in [7, 11) is 2.09. The summed E-state index contributed by atoms with van der Waals surface area (Å²) in [5.41, 5.74) is 2.45. The zero-order chi connectivity index (χ0) is 28.5. The van der Waals surface area contributed by atoms with E-state index in [1.165, 1.54) is 4.90 Å². The molecule has 0 unspecified atom stereocenters. The van der Waals surface area contributed by atoms with Gasteiger partial charge in [-0.2, -0.15) is 10.2 Å². The zero-order valence-corrected chi connectivity index (χ0v) is 23.5. The van der Waals surface area contributed by atoms with Gasteiger partial charge in [-0.15, -0.1) is 5.10 Å². The second kappa shape index (κ2) is 11.4. The van der Waals surface area contributed by atoms with E-state index in [1.807, 2.05) is 35.2 Å². The number of anilines is 1. The Kier molecular flexibility index (Phi) is 7.51. The summed E-state index contributed by atoms with van der Waals surface area (Å²) < 4.78 is 7.95. The predicted molar refractivity (Wildman–Crippen MR) is 155 cm³/mol. The van der Waals surface area contributed by atoms with Gasteiger partial charge < -0.3 is 24.5 Å². The second-order valence-corrected chi connectivity index (χ2v) is 11.1. The molecular weight excluding hydrogens is 544 g/mol. The number of halogens is 1. The normalized spacial score (nSPS) is 19.6. The predicted octanol–water partition coefficient (Wildman–Crippen LogP) is 4.08. The summed E-state index contributed by atoms with van der Waals surface area (Å²) in [5, 5.41) is 26.5. The van der Waals surface area contributed by atoms with Crippen molar-refractivity contribution in [1.29, 1.82) is 5.26 Å². The van der Waals surface area contributed by atoms with Gasteiger partial charge in [0.2, 0.25) is 0 Å². The number of benzene rings is 2. The molecule has 0 spiro atoms. The lowest BCUT2D eigenvalue weighted by molar-refractivity contribution is 0.119. The van der Waals surface area contributed by atoms with E-state index in [1.54, 1.807) is 10.7 Å². The molecule has 2 aromatic heterocycles. The first-order valence-corrected chi connectivity index (χ1v) is 14.2. The molecule has 0 saturated carbocycles. The summed E-state index contributed by atoms with van der Waals surface area (Å²) in [4.78, 5) is 26.9. The van der Waals surface area contributed by atoms with Crippen LogP contribution in [0.4, 0.5) is 10.6 Å². The van der Waals surface area contributed by atoms with Crippen LogP contribution in [0.2, 0.25) is 5.02 Å². The molecule has 2 atom stereocenters. The second-order valence-electron chi connectivity index (χ2n) is 10.7. The monoisotopic (exact) mass is 574 g/mol. The molecule has 1 N–H and O–H groups in total. The Labute approximate surface area is 242 Å². The van der Waals surface area contributed by atoms with Crippen LogP contribution in [0.15, 0.2) is 42.6 Å². The van der Waals surface area contributed by atoms with Gasteiger partial charge in [-0.3, -0.25) is 0 Å². The number of hydrogen-bond acceptors (Lipinski definition) is 8. The van der Waals surface area contributed by atoms with Gasteiger partial charge in [0.1, 0.15) is 6.61 Å². The fourth-order valence-electron chi connectivity index (χ4n) is 5.94. The Morgan fingerprint density at radius 3 is 2.78 bits per heavy atom. The highest BCUT2D eigenvalue weighted by Gasteiger charge is 2.33. The number of nitrogens with zero attached hydrogens (tertiary/aromatic N) is 8. The lowest BCUT2D eigenvalue weighted by Crippen LogP contribution is -2.55. The largest absolute Gasteiger partial charge is 0.465 e. The van der Waals surface area contributed by atoms with Gasteiger partial charge in [-0.25, -0.2) is 14.3 Å². The number of ether oxygens (including phenoxy) is 1. The number of fused-ring (bicyclic) bond motifs is 2. The summed E-state index contributed by atoms with van der Waals surface area (Å²) in [6.45, 7) is 2.48. The minimum Gasteiger partial charge on any atom is -0.465 e. The molecule has 2 fully saturated rings. The maximum absolute atomic E-state index is 11.8. The van der Waals surface area contributed by atoms with Crippen molar-refractivity contribution in [2.45, 2.75) is 37.8 Å². The summed E-state index contributed by atoms with van der Waals surface area (Å²) >= 11 is 6.61. The number of aromatic nitrogens is 4. The zero-order valence-electron chi connectivity index (χ0n) is 22.8. The van der Waals surface area contributed by atoms with Crippen LogP contribution in [0.5, 0.6) is 6.01 Å². The van der Waals surface area contributed by atoms with Crippen molar-refractivity contribution in [3.8, 4) is 12.1 Å². The van der Waals surface area contributed by atoms with E-state index in [2.05, 4.69) is 24.1 Å². The third kappa shape index (κ3) is 5.33. The van der Waals surface area contributed by atoms with E-state index in [9.17, 15) is 15.2 Å². The molecule has 2 aromatic carbocycles. The van der Waals surface area contributed by atoms with Crippen LogP contribution < -0.4 is 9.64 Å². The Morgan fingerprint density at radius 2 is 2.02 bits per heavy atom. The highest BCUT2D eigenvalue weighted by Crippen LogP contribution is 2.30. The molecule has 2 aliphatic heterocycles. The van der Waals surface area contributed by atoms with E-state index < -0.39 is 12.1 Å². The lowest BCUT2D eigenvalue weighted by atomic mass is 10.0. The fraction of sp³-hybridized carbons (Fsp3) is 0.414. The highest BCUT2D eigenvalue weighted by atomic mass is 35.5. The SMILES string of the molecule is CN1CCC[C@H]1COc1nc(N2CCN(C(=O)O)[C@@H](CC#N)C2)c2ncc(Cc3cccc4cccc(Cl)c34)n2n1. The van der Waals surface area contributed by atoms with Crippen molar-refractivity contribution >= 4 is 39.9 Å². The number of hydrogen-bond donors (Lipinski definition) is 1. The Bertz CT molecular complexity index is 1630. The van der Waals surface area contributed by atoms with Crippen molar-refractivity contribution < 1.29 is 14.6 Å². The van der Waals surface area contributed by atoms with Crippen LogP contribution in [0.3, 0.4) is 0 Å². The topological polar surface area (TPSA) is 123 Å². The number of carboxylic acid groups (broad SMARTS) is 1. The molecule has 2 aliphatic rings. The smallest absolute Gasteiger partial charge is 0.407 e. The van der Waals surface area contributed by atoms with Gasteiger partial charge in [0, 0.05) is 42.5 Å². The number of rotatable bonds is 7. The number of carbonyl (C=O) groups is 1. The Hall–Kier alpha value is -4.14. The standard InChI is InChI=1S/C29H31ClN8O3/c1-35-12-4-8-22(35)18-41-28-33-27(36-13-14-37(29(39)40)21(17-36)10-11-31)26-32-16-23(38(26)34-28)15-20-7-2-5-19-6-3-9-24(30)25(19)20/h2-3,5-7,9,16,21-22H,4,8,10,12-15,17-18H2,1H3,(H,39,40)/t21-,22-/m0/s1. The van der Waals surface area contributed by atoms with Crippen LogP contribution in [-0.4, -0.2) is 92.5 Å². The number of piperazine rings is 1. The van der Waals surface area contributed by atoms with Gasteiger partial charge in [0.05, 0.1) is 30.4 Å². The average molecular weight is 575 g/mol. The van der Waals surface area contributed by atoms with Crippen molar-refractivity contribution in [1.82, 2.24) is 29.4 Å². The minimum atomic E-state index is -1.03. The van der Waals surface area contributed by atoms with Gasteiger partial charge >= 0.3 is 12.1 Å².